The number of nitrogens with two attached hydrogens (primary N) is 1. The van der Waals surface area contributed by atoms with Crippen molar-refractivity contribution in [1.82, 2.24) is 10.2 Å². The molecule has 3 N–H and O–H groups in total. The van der Waals surface area contributed by atoms with E-state index in [9.17, 15) is 4.79 Å². The zero-order valence-electron chi connectivity index (χ0n) is 10.4. The van der Waals surface area contributed by atoms with E-state index in [1.807, 2.05) is 6.92 Å². The Kier molecular flexibility index (Phi) is 6.42. The van der Waals surface area contributed by atoms with E-state index in [-0.39, 0.29) is 11.9 Å². The highest BCUT2D eigenvalue weighted by atomic mass is 16.2. The number of carbonyl (C=O) groups excluding carboxylic acids is 1. The summed E-state index contributed by atoms with van der Waals surface area (Å²) in [6.07, 6.45) is 5.42. The summed E-state index contributed by atoms with van der Waals surface area (Å²) in [6.45, 7) is 6.35. The topological polar surface area (TPSA) is 58.4 Å². The van der Waals surface area contributed by atoms with Gasteiger partial charge in [0, 0.05) is 6.54 Å². The maximum atomic E-state index is 11.5. The van der Waals surface area contributed by atoms with E-state index in [1.54, 1.807) is 0 Å². The van der Waals surface area contributed by atoms with Crippen molar-refractivity contribution in [3.8, 4) is 0 Å². The average molecular weight is 227 g/mol. The SMILES string of the molecule is CCC[C@@H](N)C(=O)NCCCN1CCCC1. The zero-order valence-corrected chi connectivity index (χ0v) is 10.4. The van der Waals surface area contributed by atoms with E-state index in [4.69, 9.17) is 5.73 Å². The molecule has 1 saturated heterocycles. The first-order valence-corrected chi connectivity index (χ1v) is 6.49. The summed E-state index contributed by atoms with van der Waals surface area (Å²) in [5, 5.41) is 2.90. The highest BCUT2D eigenvalue weighted by molar-refractivity contribution is 5.81. The lowest BCUT2D eigenvalue weighted by molar-refractivity contribution is -0.122. The molecule has 0 aromatic heterocycles. The van der Waals surface area contributed by atoms with Crippen LogP contribution in [0.25, 0.3) is 0 Å². The van der Waals surface area contributed by atoms with Gasteiger partial charge in [0.1, 0.15) is 0 Å². The molecule has 94 valence electrons. The minimum Gasteiger partial charge on any atom is -0.355 e. The Labute approximate surface area is 98.6 Å². The molecule has 1 rings (SSSR count). The van der Waals surface area contributed by atoms with Gasteiger partial charge in [-0.05, 0) is 45.3 Å². The van der Waals surface area contributed by atoms with Crippen LogP contribution in [0.4, 0.5) is 0 Å². The fourth-order valence-corrected chi connectivity index (χ4v) is 2.09. The van der Waals surface area contributed by atoms with E-state index in [0.29, 0.717) is 0 Å². The minimum atomic E-state index is -0.322. The zero-order chi connectivity index (χ0) is 11.8. The Bertz CT molecular complexity index is 202. The molecule has 1 aliphatic rings. The highest BCUT2D eigenvalue weighted by Gasteiger charge is 2.12. The van der Waals surface area contributed by atoms with Gasteiger partial charge in [0.25, 0.3) is 0 Å². The molecule has 0 unspecified atom stereocenters. The first-order valence-electron chi connectivity index (χ1n) is 6.49. The van der Waals surface area contributed by atoms with Crippen molar-refractivity contribution in [2.45, 2.75) is 45.1 Å². The lowest BCUT2D eigenvalue weighted by atomic mass is 10.1. The maximum Gasteiger partial charge on any atom is 0.236 e. The van der Waals surface area contributed by atoms with Crippen molar-refractivity contribution >= 4 is 5.91 Å². The average Bonchev–Trinajstić information content (AvgIpc) is 2.77. The van der Waals surface area contributed by atoms with Crippen molar-refractivity contribution in [1.29, 1.82) is 0 Å². The predicted molar refractivity (Wildman–Crippen MR) is 66.2 cm³/mol. The van der Waals surface area contributed by atoms with Gasteiger partial charge < -0.3 is 16.0 Å². The molecule has 4 heteroatoms. The predicted octanol–water partition coefficient (Wildman–Crippen LogP) is 0.716. The van der Waals surface area contributed by atoms with Gasteiger partial charge in [0.2, 0.25) is 5.91 Å². The van der Waals surface area contributed by atoms with Crippen LogP contribution in [-0.2, 0) is 4.79 Å². The molecule has 1 heterocycles. The van der Waals surface area contributed by atoms with Crippen LogP contribution in [-0.4, -0.2) is 43.0 Å². The number of nitrogens with one attached hydrogen (secondary N) is 1. The van der Waals surface area contributed by atoms with E-state index in [0.717, 1.165) is 32.4 Å². The number of hydrogen-bond acceptors (Lipinski definition) is 3. The molecular formula is C12H25N3O. The molecule has 16 heavy (non-hydrogen) atoms. The number of hydrogen-bond donors (Lipinski definition) is 2. The lowest BCUT2D eigenvalue weighted by Crippen LogP contribution is -2.41. The second-order valence-corrected chi connectivity index (χ2v) is 4.59. The van der Waals surface area contributed by atoms with Gasteiger partial charge in [-0.15, -0.1) is 0 Å². The third kappa shape index (κ3) is 4.94. The van der Waals surface area contributed by atoms with Gasteiger partial charge in [-0.3, -0.25) is 4.79 Å². The number of likely N-dealkylation sites (tertiary alicyclic amines) is 1. The molecule has 1 aliphatic heterocycles. The van der Waals surface area contributed by atoms with Crippen LogP contribution < -0.4 is 11.1 Å². The maximum absolute atomic E-state index is 11.5. The molecule has 0 aromatic rings. The summed E-state index contributed by atoms with van der Waals surface area (Å²) in [6, 6.07) is -0.322. The molecule has 0 radical (unpaired) electrons. The van der Waals surface area contributed by atoms with Crippen molar-refractivity contribution in [2.75, 3.05) is 26.2 Å². The van der Waals surface area contributed by atoms with Crippen LogP contribution in [0.2, 0.25) is 0 Å². The number of amides is 1. The summed E-state index contributed by atoms with van der Waals surface area (Å²) < 4.78 is 0. The van der Waals surface area contributed by atoms with Gasteiger partial charge in [0.15, 0.2) is 0 Å². The molecule has 1 atom stereocenters. The highest BCUT2D eigenvalue weighted by Crippen LogP contribution is 2.06. The number of carbonyl (C=O) groups is 1. The summed E-state index contributed by atoms with van der Waals surface area (Å²) in [5.74, 6) is 0.00303. The van der Waals surface area contributed by atoms with E-state index in [2.05, 4.69) is 10.2 Å². The van der Waals surface area contributed by atoms with Crippen molar-refractivity contribution in [3.05, 3.63) is 0 Å². The molecule has 0 aromatic carbocycles. The Morgan fingerprint density at radius 2 is 2.12 bits per heavy atom. The lowest BCUT2D eigenvalue weighted by Gasteiger charge is -2.15. The van der Waals surface area contributed by atoms with Crippen LogP contribution in [0.5, 0.6) is 0 Å². The van der Waals surface area contributed by atoms with Gasteiger partial charge in [-0.1, -0.05) is 13.3 Å². The van der Waals surface area contributed by atoms with Crippen LogP contribution >= 0.6 is 0 Å². The summed E-state index contributed by atoms with van der Waals surface area (Å²) in [5.41, 5.74) is 5.71. The van der Waals surface area contributed by atoms with E-state index >= 15 is 0 Å². The number of rotatable bonds is 7. The van der Waals surface area contributed by atoms with Gasteiger partial charge in [-0.25, -0.2) is 0 Å². The van der Waals surface area contributed by atoms with Gasteiger partial charge in [0.05, 0.1) is 6.04 Å². The van der Waals surface area contributed by atoms with Crippen molar-refractivity contribution < 1.29 is 4.79 Å². The molecule has 0 spiro atoms. The Balaban J connectivity index is 1.99. The smallest absolute Gasteiger partial charge is 0.236 e. The van der Waals surface area contributed by atoms with Gasteiger partial charge in [-0.2, -0.15) is 0 Å². The normalized spacial score (nSPS) is 18.6. The molecule has 0 bridgehead atoms. The monoisotopic (exact) mass is 227 g/mol. The van der Waals surface area contributed by atoms with E-state index < -0.39 is 0 Å². The first kappa shape index (κ1) is 13.5. The quantitative estimate of drug-likeness (QED) is 0.630. The largest absolute Gasteiger partial charge is 0.355 e. The van der Waals surface area contributed by atoms with E-state index in [1.165, 1.54) is 25.9 Å². The second kappa shape index (κ2) is 7.63. The van der Waals surface area contributed by atoms with Crippen LogP contribution in [0, 0.1) is 0 Å². The third-order valence-electron chi connectivity index (χ3n) is 3.09. The fourth-order valence-electron chi connectivity index (χ4n) is 2.09. The Morgan fingerprint density at radius 1 is 1.44 bits per heavy atom. The third-order valence-corrected chi connectivity index (χ3v) is 3.09. The van der Waals surface area contributed by atoms with Crippen LogP contribution in [0.15, 0.2) is 0 Å². The molecular weight excluding hydrogens is 202 g/mol. The van der Waals surface area contributed by atoms with Crippen molar-refractivity contribution in [2.24, 2.45) is 5.73 Å². The molecule has 1 fully saturated rings. The second-order valence-electron chi connectivity index (χ2n) is 4.59. The van der Waals surface area contributed by atoms with Crippen molar-refractivity contribution in [3.63, 3.8) is 0 Å². The number of nitrogens with zero attached hydrogens (tertiary/aromatic N) is 1. The Hall–Kier alpha value is -0.610. The summed E-state index contributed by atoms with van der Waals surface area (Å²) in [4.78, 5) is 13.9. The standard InChI is InChI=1S/C12H25N3O/c1-2-6-11(13)12(16)14-7-5-10-15-8-3-4-9-15/h11H,2-10,13H2,1H3,(H,14,16)/t11-/m1/s1. The molecule has 0 saturated carbocycles. The summed E-state index contributed by atoms with van der Waals surface area (Å²) >= 11 is 0. The minimum absolute atomic E-state index is 0.00303. The molecule has 1 amide bonds. The Morgan fingerprint density at radius 3 is 2.75 bits per heavy atom. The van der Waals surface area contributed by atoms with Gasteiger partial charge >= 0.3 is 0 Å². The van der Waals surface area contributed by atoms with Crippen LogP contribution in [0.1, 0.15) is 39.0 Å². The summed E-state index contributed by atoms with van der Waals surface area (Å²) in [7, 11) is 0. The molecule has 4 nitrogen and oxygen atoms in total. The molecule has 0 aliphatic carbocycles. The first-order chi connectivity index (χ1) is 7.74. The fraction of sp³-hybridized carbons (Fsp3) is 0.917. The van der Waals surface area contributed by atoms with Crippen LogP contribution in [0.3, 0.4) is 0 Å².